The van der Waals surface area contributed by atoms with Crippen molar-refractivity contribution in [2.24, 2.45) is 11.8 Å². The van der Waals surface area contributed by atoms with E-state index >= 15 is 0 Å². The standard InChI is InChI=1S/C12H16O.C8H16.C5H12.C4H10/c1-4-12(13)11-7-5-10(6-8-11)9(2)3;1-6(2)8(5)7(3)4;1-3-5-4-2;1-3-4-2/h5-9H,4H2,1-3H3;7-8H,1H2,2-5H3;3-5H2,1-2H3;3-4H2,1-2H3. The van der Waals surface area contributed by atoms with E-state index in [1.165, 1.54) is 43.2 Å². The Bertz CT molecular complexity index is 504. The number of ketones is 1. The highest BCUT2D eigenvalue weighted by Gasteiger charge is 2.05. The van der Waals surface area contributed by atoms with Crippen molar-refractivity contribution < 1.29 is 4.79 Å². The lowest BCUT2D eigenvalue weighted by molar-refractivity contribution is 0.0988. The highest BCUT2D eigenvalue weighted by Crippen LogP contribution is 2.16. The zero-order valence-electron chi connectivity index (χ0n) is 22.4. The lowest BCUT2D eigenvalue weighted by Crippen LogP contribution is -2.03. The topological polar surface area (TPSA) is 17.1 Å². The van der Waals surface area contributed by atoms with Crippen molar-refractivity contribution in [1.82, 2.24) is 0 Å². The van der Waals surface area contributed by atoms with E-state index in [1.807, 2.05) is 31.2 Å². The maximum absolute atomic E-state index is 11.3. The number of rotatable bonds is 8. The van der Waals surface area contributed by atoms with Gasteiger partial charge in [-0.05, 0) is 30.2 Å². The summed E-state index contributed by atoms with van der Waals surface area (Å²) in [5, 5.41) is 0. The second kappa shape index (κ2) is 22.3. The number of hydrogen-bond donors (Lipinski definition) is 0. The number of carbonyl (C=O) groups excluding carboxylic acids is 1. The molecule has 0 bridgehead atoms. The summed E-state index contributed by atoms with van der Waals surface area (Å²) in [5.74, 6) is 2.17. The zero-order valence-corrected chi connectivity index (χ0v) is 22.4. The minimum absolute atomic E-state index is 0.218. The van der Waals surface area contributed by atoms with E-state index in [4.69, 9.17) is 0 Å². The van der Waals surface area contributed by atoms with Crippen LogP contribution in [-0.2, 0) is 0 Å². The molecule has 30 heavy (non-hydrogen) atoms. The summed E-state index contributed by atoms with van der Waals surface area (Å²) in [6, 6.07) is 7.91. The minimum Gasteiger partial charge on any atom is -0.294 e. The fraction of sp³-hybridized carbons (Fsp3) is 0.690. The molecule has 0 N–H and O–H groups in total. The van der Waals surface area contributed by atoms with Gasteiger partial charge in [0.1, 0.15) is 0 Å². The predicted molar refractivity (Wildman–Crippen MR) is 140 cm³/mol. The Morgan fingerprint density at radius 2 is 1.23 bits per heavy atom. The molecule has 0 saturated carbocycles. The molecule has 0 spiro atoms. The molecule has 1 unspecified atom stereocenters. The summed E-state index contributed by atoms with van der Waals surface area (Å²) < 4.78 is 0. The Balaban J connectivity index is -0.000000367. The van der Waals surface area contributed by atoms with Crippen molar-refractivity contribution in [1.29, 1.82) is 0 Å². The lowest BCUT2D eigenvalue weighted by atomic mass is 9.92. The molecule has 0 amide bonds. The van der Waals surface area contributed by atoms with Crippen LogP contribution in [0.25, 0.3) is 0 Å². The van der Waals surface area contributed by atoms with E-state index in [-0.39, 0.29) is 5.78 Å². The minimum atomic E-state index is 0.218. The maximum atomic E-state index is 11.3. The molecule has 0 aliphatic heterocycles. The molecule has 1 rings (SSSR count). The molecule has 1 aromatic rings. The van der Waals surface area contributed by atoms with Crippen LogP contribution in [0.1, 0.15) is 137 Å². The Morgan fingerprint density at radius 3 is 1.40 bits per heavy atom. The van der Waals surface area contributed by atoms with Crippen molar-refractivity contribution in [3.05, 3.63) is 47.5 Å². The van der Waals surface area contributed by atoms with Gasteiger partial charge in [0.15, 0.2) is 5.78 Å². The summed E-state index contributed by atoms with van der Waals surface area (Å²) >= 11 is 0. The first kappa shape index (κ1) is 33.3. The first-order valence-corrected chi connectivity index (χ1v) is 12.3. The molecular formula is C29H54O. The van der Waals surface area contributed by atoms with Gasteiger partial charge in [-0.15, -0.1) is 0 Å². The number of carbonyl (C=O) groups is 1. The second-order valence-electron chi connectivity index (χ2n) is 8.79. The average Bonchev–Trinajstić information content (AvgIpc) is 2.74. The van der Waals surface area contributed by atoms with Crippen LogP contribution in [0.2, 0.25) is 0 Å². The molecule has 0 heterocycles. The summed E-state index contributed by atoms with van der Waals surface area (Å²) in [6.45, 7) is 27.6. The first-order valence-electron chi connectivity index (χ1n) is 12.3. The highest BCUT2D eigenvalue weighted by molar-refractivity contribution is 5.95. The third-order valence-electron chi connectivity index (χ3n) is 5.20. The van der Waals surface area contributed by atoms with Gasteiger partial charge in [-0.3, -0.25) is 4.79 Å². The molecule has 0 aliphatic rings. The molecule has 0 radical (unpaired) electrons. The fourth-order valence-corrected chi connectivity index (χ4v) is 2.18. The van der Waals surface area contributed by atoms with Crippen molar-refractivity contribution in [3.63, 3.8) is 0 Å². The van der Waals surface area contributed by atoms with Crippen LogP contribution in [0.4, 0.5) is 0 Å². The van der Waals surface area contributed by atoms with Gasteiger partial charge < -0.3 is 0 Å². The molecule has 0 saturated heterocycles. The van der Waals surface area contributed by atoms with Crippen molar-refractivity contribution in [2.75, 3.05) is 0 Å². The number of unbranched alkanes of at least 4 members (excludes halogenated alkanes) is 3. The van der Waals surface area contributed by atoms with Crippen LogP contribution in [0, 0.1) is 11.8 Å². The molecule has 0 aromatic heterocycles. The maximum Gasteiger partial charge on any atom is 0.162 e. The van der Waals surface area contributed by atoms with Crippen LogP contribution >= 0.6 is 0 Å². The SMILES string of the molecule is C=C(C)C(C)C(C)C.CCC(=O)c1ccc(C(C)C)cc1.CCCC.CCCCC. The van der Waals surface area contributed by atoms with Crippen LogP contribution in [0.3, 0.4) is 0 Å². The molecule has 1 nitrogen and oxygen atoms in total. The van der Waals surface area contributed by atoms with Gasteiger partial charge in [0.05, 0.1) is 0 Å². The zero-order chi connectivity index (χ0) is 24.1. The Labute approximate surface area is 190 Å². The Hall–Kier alpha value is -1.37. The van der Waals surface area contributed by atoms with Gasteiger partial charge in [0.2, 0.25) is 0 Å². The molecule has 1 heteroatoms. The summed E-state index contributed by atoms with van der Waals surface area (Å²) in [6.07, 6.45) is 7.30. The first-order chi connectivity index (χ1) is 14.0. The van der Waals surface area contributed by atoms with Gasteiger partial charge >= 0.3 is 0 Å². The smallest absolute Gasteiger partial charge is 0.162 e. The van der Waals surface area contributed by atoms with Crippen LogP contribution < -0.4 is 0 Å². The van der Waals surface area contributed by atoms with Gasteiger partial charge in [0.25, 0.3) is 0 Å². The number of hydrogen-bond acceptors (Lipinski definition) is 1. The monoisotopic (exact) mass is 418 g/mol. The van der Waals surface area contributed by atoms with Crippen molar-refractivity contribution in [2.45, 2.75) is 121 Å². The van der Waals surface area contributed by atoms with E-state index in [9.17, 15) is 4.79 Å². The molecule has 0 aliphatic carbocycles. The third-order valence-corrected chi connectivity index (χ3v) is 5.20. The predicted octanol–water partition coefficient (Wildman–Crippen LogP) is 10.3. The lowest BCUT2D eigenvalue weighted by Gasteiger charge is -2.13. The molecule has 176 valence electrons. The highest BCUT2D eigenvalue weighted by atomic mass is 16.1. The van der Waals surface area contributed by atoms with Gasteiger partial charge in [-0.2, -0.15) is 0 Å². The number of Topliss-reactive ketones (excluding diaryl/α,β-unsaturated/α-hetero) is 1. The van der Waals surface area contributed by atoms with Crippen LogP contribution in [0.15, 0.2) is 36.4 Å². The molecule has 1 atom stereocenters. The van der Waals surface area contributed by atoms with E-state index < -0.39 is 0 Å². The summed E-state index contributed by atoms with van der Waals surface area (Å²) in [4.78, 5) is 11.3. The normalized spacial score (nSPS) is 10.7. The second-order valence-corrected chi connectivity index (χ2v) is 8.79. The summed E-state index contributed by atoms with van der Waals surface area (Å²) in [7, 11) is 0. The van der Waals surface area contributed by atoms with Crippen molar-refractivity contribution >= 4 is 5.78 Å². The Kier molecular flexibility index (Phi) is 24.8. The van der Waals surface area contributed by atoms with E-state index in [1.54, 1.807) is 0 Å². The van der Waals surface area contributed by atoms with Crippen LogP contribution in [-0.4, -0.2) is 5.78 Å². The molecule has 0 fully saturated rings. The van der Waals surface area contributed by atoms with Gasteiger partial charge in [0, 0.05) is 12.0 Å². The fourth-order valence-electron chi connectivity index (χ4n) is 2.18. The van der Waals surface area contributed by atoms with Crippen LogP contribution in [0.5, 0.6) is 0 Å². The number of benzene rings is 1. The largest absolute Gasteiger partial charge is 0.294 e. The van der Waals surface area contributed by atoms with Gasteiger partial charge in [-0.1, -0.05) is 138 Å². The third kappa shape index (κ3) is 19.9. The van der Waals surface area contributed by atoms with Gasteiger partial charge in [-0.25, -0.2) is 0 Å². The molecule has 1 aromatic carbocycles. The number of allylic oxidation sites excluding steroid dienone is 1. The van der Waals surface area contributed by atoms with E-state index in [0.717, 1.165) is 11.5 Å². The quantitative estimate of drug-likeness (QED) is 0.303. The van der Waals surface area contributed by atoms with E-state index in [0.29, 0.717) is 18.3 Å². The Morgan fingerprint density at radius 1 is 0.800 bits per heavy atom. The van der Waals surface area contributed by atoms with E-state index in [2.05, 4.69) is 75.8 Å². The summed E-state index contributed by atoms with van der Waals surface area (Å²) in [5.41, 5.74) is 3.40. The average molecular weight is 419 g/mol. The molecular weight excluding hydrogens is 364 g/mol. The van der Waals surface area contributed by atoms with Crippen molar-refractivity contribution in [3.8, 4) is 0 Å².